The third kappa shape index (κ3) is 2.39. The van der Waals surface area contributed by atoms with Gasteiger partial charge in [0.25, 0.3) is 0 Å². The molecule has 2 aromatic rings. The number of ether oxygens (including phenoxy) is 1. The van der Waals surface area contributed by atoms with Crippen molar-refractivity contribution in [2.24, 2.45) is 0 Å². The smallest absolute Gasteiger partial charge is 0.303 e. The Hall–Kier alpha value is -1.40. The number of hydrogen-bond donors (Lipinski definition) is 1. The molecule has 98 valence electrons. The normalized spacial score (nSPS) is 12.2. The van der Waals surface area contributed by atoms with Crippen LogP contribution in [-0.2, 0) is 21.6 Å². The van der Waals surface area contributed by atoms with Gasteiger partial charge in [-0.05, 0) is 20.3 Å². The van der Waals surface area contributed by atoms with E-state index in [-0.39, 0.29) is 6.42 Å². The highest BCUT2D eigenvalue weighted by Gasteiger charge is 2.24. The van der Waals surface area contributed by atoms with Gasteiger partial charge in [0.2, 0.25) is 0 Å². The molecule has 0 spiro atoms. The fraction of sp³-hybridized carbons (Fsp3) is 0.500. The second-order valence-corrected chi connectivity index (χ2v) is 5.45. The van der Waals surface area contributed by atoms with Crippen molar-refractivity contribution in [3.8, 4) is 0 Å². The Bertz CT molecular complexity index is 571. The predicted octanol–water partition coefficient (Wildman–Crippen LogP) is 2.29. The highest BCUT2D eigenvalue weighted by atomic mass is 32.1. The number of fused-ring (bicyclic) bond motifs is 1. The number of hydrogen-bond acceptors (Lipinski definition) is 4. The molecule has 6 heteroatoms. The predicted molar refractivity (Wildman–Crippen MR) is 69.1 cm³/mol. The molecule has 0 amide bonds. The zero-order chi connectivity index (χ0) is 13.3. The lowest BCUT2D eigenvalue weighted by atomic mass is 10.1. The molecule has 0 saturated heterocycles. The van der Waals surface area contributed by atoms with Gasteiger partial charge in [-0.25, -0.2) is 4.98 Å². The van der Waals surface area contributed by atoms with Crippen molar-refractivity contribution in [1.29, 1.82) is 0 Å². The molecular formula is C12H16N2O3S. The summed E-state index contributed by atoms with van der Waals surface area (Å²) in [5, 5.41) is 10.7. The SMILES string of the molecule is COC(C)(C)c1cn2c(CCC(=O)O)csc2n1. The van der Waals surface area contributed by atoms with Crippen LogP contribution < -0.4 is 0 Å². The Labute approximate surface area is 109 Å². The molecule has 0 aromatic carbocycles. The molecule has 2 heterocycles. The Morgan fingerprint density at radius 3 is 2.94 bits per heavy atom. The van der Waals surface area contributed by atoms with E-state index in [1.165, 1.54) is 11.3 Å². The summed E-state index contributed by atoms with van der Waals surface area (Å²) < 4.78 is 7.34. The van der Waals surface area contributed by atoms with E-state index < -0.39 is 11.6 Å². The van der Waals surface area contributed by atoms with E-state index >= 15 is 0 Å². The van der Waals surface area contributed by atoms with Crippen LogP contribution in [0.1, 0.15) is 31.7 Å². The summed E-state index contributed by atoms with van der Waals surface area (Å²) in [4.78, 5) is 16.0. The topological polar surface area (TPSA) is 63.8 Å². The number of rotatable bonds is 5. The summed E-state index contributed by atoms with van der Waals surface area (Å²) in [6.07, 6.45) is 2.57. The molecular weight excluding hydrogens is 252 g/mol. The van der Waals surface area contributed by atoms with Crippen LogP contribution in [0.3, 0.4) is 0 Å². The number of carboxylic acids is 1. The van der Waals surface area contributed by atoms with E-state index in [4.69, 9.17) is 9.84 Å². The van der Waals surface area contributed by atoms with Crippen molar-refractivity contribution < 1.29 is 14.6 Å². The van der Waals surface area contributed by atoms with Crippen LogP contribution in [0.25, 0.3) is 4.96 Å². The first-order chi connectivity index (χ1) is 8.44. The van der Waals surface area contributed by atoms with Gasteiger partial charge in [-0.15, -0.1) is 11.3 Å². The third-order valence-electron chi connectivity index (χ3n) is 3.01. The molecule has 0 aliphatic rings. The Morgan fingerprint density at radius 2 is 2.33 bits per heavy atom. The van der Waals surface area contributed by atoms with E-state index in [0.29, 0.717) is 6.42 Å². The van der Waals surface area contributed by atoms with E-state index in [1.807, 2.05) is 29.8 Å². The number of carboxylic acid groups (broad SMARTS) is 1. The monoisotopic (exact) mass is 268 g/mol. The maximum atomic E-state index is 10.6. The molecule has 5 nitrogen and oxygen atoms in total. The zero-order valence-electron chi connectivity index (χ0n) is 10.6. The van der Waals surface area contributed by atoms with Crippen LogP contribution >= 0.6 is 11.3 Å². The number of thiazole rings is 1. The Kier molecular flexibility index (Phi) is 3.41. The van der Waals surface area contributed by atoms with Gasteiger partial charge < -0.3 is 9.84 Å². The highest BCUT2D eigenvalue weighted by Crippen LogP contribution is 2.26. The summed E-state index contributed by atoms with van der Waals surface area (Å²) in [5.41, 5.74) is 1.40. The minimum absolute atomic E-state index is 0.132. The van der Waals surface area contributed by atoms with Crippen LogP contribution in [0.2, 0.25) is 0 Å². The van der Waals surface area contributed by atoms with Crippen LogP contribution in [0.4, 0.5) is 0 Å². The van der Waals surface area contributed by atoms with Gasteiger partial charge in [0.05, 0.1) is 12.1 Å². The van der Waals surface area contributed by atoms with Crippen molar-refractivity contribution in [3.63, 3.8) is 0 Å². The van der Waals surface area contributed by atoms with Crippen molar-refractivity contribution in [3.05, 3.63) is 23.0 Å². The number of aromatic nitrogens is 2. The standard InChI is InChI=1S/C12H16N2O3S/c1-12(2,17-3)9-6-14-8(4-5-10(15)16)7-18-11(14)13-9/h6-7H,4-5H2,1-3H3,(H,15,16). The summed E-state index contributed by atoms with van der Waals surface area (Å²) in [6.45, 7) is 3.91. The second kappa shape index (κ2) is 4.70. The Morgan fingerprint density at radius 1 is 1.61 bits per heavy atom. The summed E-state index contributed by atoms with van der Waals surface area (Å²) in [5.74, 6) is -0.785. The van der Waals surface area contributed by atoms with Gasteiger partial charge in [-0.1, -0.05) is 0 Å². The van der Waals surface area contributed by atoms with Crippen LogP contribution in [0, 0.1) is 0 Å². The molecule has 0 unspecified atom stereocenters. The molecule has 0 aliphatic heterocycles. The summed E-state index contributed by atoms with van der Waals surface area (Å²) in [7, 11) is 1.65. The zero-order valence-corrected chi connectivity index (χ0v) is 11.5. The molecule has 0 saturated carbocycles. The van der Waals surface area contributed by atoms with E-state index in [0.717, 1.165) is 16.3 Å². The van der Waals surface area contributed by atoms with Gasteiger partial charge >= 0.3 is 5.97 Å². The maximum Gasteiger partial charge on any atom is 0.303 e. The number of aliphatic carboxylic acids is 1. The molecule has 18 heavy (non-hydrogen) atoms. The average Bonchev–Trinajstić information content (AvgIpc) is 2.86. The highest BCUT2D eigenvalue weighted by molar-refractivity contribution is 7.15. The van der Waals surface area contributed by atoms with Gasteiger partial charge in [0, 0.05) is 24.4 Å². The number of nitrogens with zero attached hydrogens (tertiary/aromatic N) is 2. The van der Waals surface area contributed by atoms with Crippen molar-refractivity contribution in [1.82, 2.24) is 9.38 Å². The molecule has 0 atom stereocenters. The van der Waals surface area contributed by atoms with Crippen LogP contribution in [0.5, 0.6) is 0 Å². The number of imidazole rings is 1. The summed E-state index contributed by atoms with van der Waals surface area (Å²) in [6, 6.07) is 0. The first-order valence-corrected chi connectivity index (χ1v) is 6.55. The number of carbonyl (C=O) groups is 1. The Balaban J connectivity index is 2.32. The first kappa shape index (κ1) is 13.0. The summed E-state index contributed by atoms with van der Waals surface area (Å²) >= 11 is 1.52. The fourth-order valence-electron chi connectivity index (χ4n) is 1.64. The lowest BCUT2D eigenvalue weighted by Gasteiger charge is -2.19. The van der Waals surface area contributed by atoms with Crippen LogP contribution in [0.15, 0.2) is 11.6 Å². The van der Waals surface area contributed by atoms with Crippen LogP contribution in [-0.4, -0.2) is 27.6 Å². The number of aryl methyl sites for hydroxylation is 1. The minimum Gasteiger partial charge on any atom is -0.481 e. The molecule has 1 N–H and O–H groups in total. The lowest BCUT2D eigenvalue weighted by molar-refractivity contribution is -0.136. The van der Waals surface area contributed by atoms with Crippen molar-refractivity contribution in [2.75, 3.05) is 7.11 Å². The molecule has 0 fully saturated rings. The minimum atomic E-state index is -0.785. The fourth-order valence-corrected chi connectivity index (χ4v) is 2.55. The van der Waals surface area contributed by atoms with Gasteiger partial charge in [-0.3, -0.25) is 9.20 Å². The van der Waals surface area contributed by atoms with E-state index in [1.54, 1.807) is 7.11 Å². The second-order valence-electron chi connectivity index (χ2n) is 4.61. The average molecular weight is 268 g/mol. The molecule has 2 aromatic heterocycles. The molecule has 0 bridgehead atoms. The first-order valence-electron chi connectivity index (χ1n) is 5.67. The van der Waals surface area contributed by atoms with Crippen molar-refractivity contribution >= 4 is 22.3 Å². The van der Waals surface area contributed by atoms with Gasteiger partial charge in [0.1, 0.15) is 5.60 Å². The molecule has 0 radical (unpaired) electrons. The van der Waals surface area contributed by atoms with E-state index in [2.05, 4.69) is 4.98 Å². The lowest BCUT2D eigenvalue weighted by Crippen LogP contribution is -2.19. The maximum absolute atomic E-state index is 10.6. The van der Waals surface area contributed by atoms with Gasteiger partial charge in [0.15, 0.2) is 4.96 Å². The third-order valence-corrected chi connectivity index (χ3v) is 3.89. The quantitative estimate of drug-likeness (QED) is 0.903. The molecule has 2 rings (SSSR count). The van der Waals surface area contributed by atoms with Gasteiger partial charge in [-0.2, -0.15) is 0 Å². The number of methoxy groups -OCH3 is 1. The van der Waals surface area contributed by atoms with E-state index in [9.17, 15) is 4.79 Å². The largest absolute Gasteiger partial charge is 0.481 e. The molecule has 0 aliphatic carbocycles. The van der Waals surface area contributed by atoms with Crippen molar-refractivity contribution in [2.45, 2.75) is 32.3 Å².